The van der Waals surface area contributed by atoms with E-state index in [0.717, 1.165) is 27.7 Å². The van der Waals surface area contributed by atoms with Crippen LogP contribution >= 0.6 is 0 Å². The summed E-state index contributed by atoms with van der Waals surface area (Å²) in [5.74, 6) is 0. The first-order valence-electron chi connectivity index (χ1n) is 5.68. The fourth-order valence-electron chi connectivity index (χ4n) is 2.22. The van der Waals surface area contributed by atoms with E-state index in [9.17, 15) is 0 Å². The van der Waals surface area contributed by atoms with Crippen molar-refractivity contribution < 1.29 is 4.42 Å². The third kappa shape index (κ3) is 1.39. The molecule has 3 aromatic rings. The summed E-state index contributed by atoms with van der Waals surface area (Å²) in [6.07, 6.45) is 0. The maximum atomic E-state index is 5.86. The number of anilines is 1. The first-order chi connectivity index (χ1) is 8.20. The molecule has 0 aliphatic carbocycles. The SMILES string of the molecule is CNc1c(C)ccc2c1oc1nc(C)ccc12. The molecule has 2 aromatic heterocycles. The minimum absolute atomic E-state index is 0.710. The van der Waals surface area contributed by atoms with Crippen LogP contribution in [0.5, 0.6) is 0 Å². The topological polar surface area (TPSA) is 38.1 Å². The zero-order valence-electron chi connectivity index (χ0n) is 10.2. The van der Waals surface area contributed by atoms with Gasteiger partial charge in [0, 0.05) is 23.5 Å². The lowest BCUT2D eigenvalue weighted by atomic mass is 10.1. The smallest absolute Gasteiger partial charge is 0.227 e. The molecule has 0 saturated heterocycles. The van der Waals surface area contributed by atoms with Crippen LogP contribution in [0, 0.1) is 13.8 Å². The molecule has 0 aliphatic heterocycles. The molecular formula is C14H14N2O. The maximum Gasteiger partial charge on any atom is 0.227 e. The number of hydrogen-bond donors (Lipinski definition) is 1. The largest absolute Gasteiger partial charge is 0.436 e. The normalized spacial score (nSPS) is 11.2. The number of aryl methyl sites for hydroxylation is 2. The molecular weight excluding hydrogens is 212 g/mol. The maximum absolute atomic E-state index is 5.86. The summed E-state index contributed by atoms with van der Waals surface area (Å²) in [7, 11) is 1.91. The van der Waals surface area contributed by atoms with Crippen molar-refractivity contribution in [2.24, 2.45) is 0 Å². The standard InChI is InChI=1S/C14H14N2O/c1-8-4-6-10-11-7-5-9(2)16-14(11)17-13(10)12(8)15-3/h4-7,15H,1-3H3. The lowest BCUT2D eigenvalue weighted by Crippen LogP contribution is -1.91. The molecule has 0 unspecified atom stereocenters. The highest BCUT2D eigenvalue weighted by Crippen LogP contribution is 2.34. The lowest BCUT2D eigenvalue weighted by molar-refractivity contribution is 0.653. The van der Waals surface area contributed by atoms with Crippen molar-refractivity contribution >= 4 is 27.8 Å². The number of nitrogens with one attached hydrogen (secondary N) is 1. The summed E-state index contributed by atoms with van der Waals surface area (Å²) in [4.78, 5) is 4.42. The van der Waals surface area contributed by atoms with Gasteiger partial charge in [0.05, 0.1) is 5.69 Å². The van der Waals surface area contributed by atoms with Crippen LogP contribution in [0.3, 0.4) is 0 Å². The van der Waals surface area contributed by atoms with Crippen molar-refractivity contribution in [1.82, 2.24) is 4.98 Å². The Morgan fingerprint density at radius 3 is 2.59 bits per heavy atom. The van der Waals surface area contributed by atoms with E-state index in [1.807, 2.05) is 20.0 Å². The molecule has 0 fully saturated rings. The average molecular weight is 226 g/mol. The number of furan rings is 1. The van der Waals surface area contributed by atoms with E-state index >= 15 is 0 Å². The molecule has 0 radical (unpaired) electrons. The van der Waals surface area contributed by atoms with Crippen molar-refractivity contribution in [3.05, 3.63) is 35.5 Å². The summed E-state index contributed by atoms with van der Waals surface area (Å²) < 4.78 is 5.86. The van der Waals surface area contributed by atoms with E-state index in [1.165, 1.54) is 5.56 Å². The van der Waals surface area contributed by atoms with Crippen molar-refractivity contribution in [3.63, 3.8) is 0 Å². The van der Waals surface area contributed by atoms with Crippen LogP contribution in [0.25, 0.3) is 22.1 Å². The Morgan fingerprint density at radius 2 is 1.82 bits per heavy atom. The van der Waals surface area contributed by atoms with Gasteiger partial charge in [0.25, 0.3) is 0 Å². The number of rotatable bonds is 1. The lowest BCUT2D eigenvalue weighted by Gasteiger charge is -2.04. The van der Waals surface area contributed by atoms with Gasteiger partial charge in [0.1, 0.15) is 0 Å². The summed E-state index contributed by atoms with van der Waals surface area (Å²) in [5, 5.41) is 5.38. The van der Waals surface area contributed by atoms with Crippen LogP contribution in [-0.4, -0.2) is 12.0 Å². The summed E-state index contributed by atoms with van der Waals surface area (Å²) in [6.45, 7) is 4.04. The van der Waals surface area contributed by atoms with E-state index in [4.69, 9.17) is 4.42 Å². The molecule has 1 N–H and O–H groups in total. The third-order valence-corrected chi connectivity index (χ3v) is 3.10. The van der Waals surface area contributed by atoms with Crippen LogP contribution in [0.15, 0.2) is 28.7 Å². The van der Waals surface area contributed by atoms with Gasteiger partial charge in [-0.3, -0.25) is 0 Å². The van der Waals surface area contributed by atoms with Crippen LogP contribution in [-0.2, 0) is 0 Å². The van der Waals surface area contributed by atoms with Gasteiger partial charge in [-0.1, -0.05) is 12.1 Å². The van der Waals surface area contributed by atoms with Crippen molar-refractivity contribution in [2.75, 3.05) is 12.4 Å². The average Bonchev–Trinajstić information content (AvgIpc) is 2.66. The minimum Gasteiger partial charge on any atom is -0.436 e. The van der Waals surface area contributed by atoms with Gasteiger partial charge in [-0.05, 0) is 31.5 Å². The Labute approximate surface area is 99.5 Å². The predicted octanol–water partition coefficient (Wildman–Crippen LogP) is 3.64. The Bertz CT molecular complexity index is 713. The Hall–Kier alpha value is -2.03. The predicted molar refractivity (Wildman–Crippen MR) is 70.5 cm³/mol. The molecule has 0 aliphatic rings. The molecule has 17 heavy (non-hydrogen) atoms. The Balaban J connectivity index is 2.50. The van der Waals surface area contributed by atoms with Gasteiger partial charge in [0.15, 0.2) is 5.58 Å². The molecule has 0 bridgehead atoms. The second kappa shape index (κ2) is 3.48. The van der Waals surface area contributed by atoms with Gasteiger partial charge in [-0.15, -0.1) is 0 Å². The van der Waals surface area contributed by atoms with Crippen LogP contribution in [0.2, 0.25) is 0 Å². The van der Waals surface area contributed by atoms with Crippen molar-refractivity contribution in [1.29, 1.82) is 0 Å². The van der Waals surface area contributed by atoms with Crippen molar-refractivity contribution in [2.45, 2.75) is 13.8 Å². The quantitative estimate of drug-likeness (QED) is 0.688. The highest BCUT2D eigenvalue weighted by atomic mass is 16.3. The highest BCUT2D eigenvalue weighted by Gasteiger charge is 2.12. The zero-order valence-corrected chi connectivity index (χ0v) is 10.2. The summed E-state index contributed by atoms with van der Waals surface area (Å²) >= 11 is 0. The monoisotopic (exact) mass is 226 g/mol. The number of pyridine rings is 1. The molecule has 86 valence electrons. The number of aromatic nitrogens is 1. The van der Waals surface area contributed by atoms with E-state index in [-0.39, 0.29) is 0 Å². The molecule has 0 amide bonds. The zero-order chi connectivity index (χ0) is 12.0. The van der Waals surface area contributed by atoms with Gasteiger partial charge in [-0.25, -0.2) is 4.98 Å². The molecule has 0 atom stereocenters. The fraction of sp³-hybridized carbons (Fsp3) is 0.214. The Morgan fingerprint density at radius 1 is 1.06 bits per heavy atom. The van der Waals surface area contributed by atoms with Gasteiger partial charge >= 0.3 is 0 Å². The van der Waals surface area contributed by atoms with Gasteiger partial charge in [-0.2, -0.15) is 0 Å². The van der Waals surface area contributed by atoms with Crippen LogP contribution in [0.1, 0.15) is 11.3 Å². The molecule has 0 saturated carbocycles. The van der Waals surface area contributed by atoms with E-state index in [2.05, 4.69) is 35.4 Å². The van der Waals surface area contributed by atoms with Gasteiger partial charge in [0.2, 0.25) is 5.71 Å². The number of benzene rings is 1. The molecule has 3 heteroatoms. The second-order valence-corrected chi connectivity index (χ2v) is 4.29. The summed E-state index contributed by atoms with van der Waals surface area (Å²) in [6, 6.07) is 8.27. The second-order valence-electron chi connectivity index (χ2n) is 4.29. The van der Waals surface area contributed by atoms with E-state index < -0.39 is 0 Å². The number of nitrogens with zero attached hydrogens (tertiary/aromatic N) is 1. The Kier molecular flexibility index (Phi) is 2.08. The van der Waals surface area contributed by atoms with Crippen LogP contribution in [0.4, 0.5) is 5.69 Å². The molecule has 3 rings (SSSR count). The summed E-state index contributed by atoms with van der Waals surface area (Å²) in [5.41, 5.74) is 4.79. The highest BCUT2D eigenvalue weighted by molar-refractivity contribution is 6.08. The first-order valence-corrected chi connectivity index (χ1v) is 5.68. The first kappa shape index (κ1) is 10.1. The molecule has 0 spiro atoms. The number of fused-ring (bicyclic) bond motifs is 3. The van der Waals surface area contributed by atoms with E-state index in [0.29, 0.717) is 5.71 Å². The minimum atomic E-state index is 0.710. The fourth-order valence-corrected chi connectivity index (χ4v) is 2.22. The number of hydrogen-bond acceptors (Lipinski definition) is 3. The van der Waals surface area contributed by atoms with E-state index in [1.54, 1.807) is 0 Å². The molecule has 2 heterocycles. The third-order valence-electron chi connectivity index (χ3n) is 3.10. The van der Waals surface area contributed by atoms with Crippen molar-refractivity contribution in [3.8, 4) is 0 Å². The molecule has 1 aromatic carbocycles. The van der Waals surface area contributed by atoms with Gasteiger partial charge < -0.3 is 9.73 Å². The van der Waals surface area contributed by atoms with Crippen LogP contribution < -0.4 is 5.32 Å². The molecule has 3 nitrogen and oxygen atoms in total.